The van der Waals surface area contributed by atoms with Crippen molar-refractivity contribution in [2.75, 3.05) is 39.9 Å². The molecular weight excluding hydrogens is 240 g/mol. The van der Waals surface area contributed by atoms with Crippen LogP contribution >= 0.6 is 0 Å². The van der Waals surface area contributed by atoms with Crippen molar-refractivity contribution in [3.8, 4) is 5.75 Å². The Bertz CT molecular complexity index is 409. The summed E-state index contributed by atoms with van der Waals surface area (Å²) >= 11 is 0. The van der Waals surface area contributed by atoms with Crippen molar-refractivity contribution in [1.82, 2.24) is 4.90 Å². The molecule has 1 aliphatic rings. The third-order valence-corrected chi connectivity index (χ3v) is 3.46. The summed E-state index contributed by atoms with van der Waals surface area (Å²) in [4.78, 5) is 2.27. The second-order valence-electron chi connectivity index (χ2n) is 5.17. The van der Waals surface area contributed by atoms with E-state index < -0.39 is 0 Å². The second-order valence-corrected chi connectivity index (χ2v) is 5.17. The molecule has 0 radical (unpaired) electrons. The molecule has 19 heavy (non-hydrogen) atoms. The highest BCUT2D eigenvalue weighted by atomic mass is 16.5. The molecule has 2 rings (SSSR count). The van der Waals surface area contributed by atoms with Gasteiger partial charge in [-0.3, -0.25) is 0 Å². The van der Waals surface area contributed by atoms with Crippen molar-refractivity contribution < 1.29 is 9.47 Å². The standard InChI is InChI=1S/C15H24N2O2/c1-12-4-3-5-13(6-7-16)15(12)19-11-14-10-17(2)8-9-18-14/h3-5,14H,6-11,16H2,1-2H3. The number of likely N-dealkylation sites (N-methyl/N-ethyl adjacent to an activating group) is 1. The summed E-state index contributed by atoms with van der Waals surface area (Å²) in [6.45, 7) is 6.03. The van der Waals surface area contributed by atoms with Crippen LogP contribution < -0.4 is 10.5 Å². The number of hydrogen-bond donors (Lipinski definition) is 1. The lowest BCUT2D eigenvalue weighted by molar-refractivity contribution is -0.0405. The molecule has 0 aliphatic carbocycles. The van der Waals surface area contributed by atoms with E-state index in [9.17, 15) is 0 Å². The molecule has 1 aliphatic heterocycles. The summed E-state index contributed by atoms with van der Waals surface area (Å²) < 4.78 is 11.7. The highest BCUT2D eigenvalue weighted by molar-refractivity contribution is 5.41. The van der Waals surface area contributed by atoms with Crippen LogP contribution in [-0.2, 0) is 11.2 Å². The molecule has 0 amide bonds. The molecule has 1 heterocycles. The molecule has 0 aromatic heterocycles. The Morgan fingerprint density at radius 3 is 3.05 bits per heavy atom. The molecule has 1 unspecified atom stereocenters. The zero-order valence-corrected chi connectivity index (χ0v) is 11.9. The van der Waals surface area contributed by atoms with E-state index in [0.717, 1.165) is 37.4 Å². The predicted molar refractivity (Wildman–Crippen MR) is 76.7 cm³/mol. The van der Waals surface area contributed by atoms with Gasteiger partial charge in [0.1, 0.15) is 18.5 Å². The molecule has 1 aromatic rings. The van der Waals surface area contributed by atoms with Gasteiger partial charge in [-0.1, -0.05) is 18.2 Å². The highest BCUT2D eigenvalue weighted by Gasteiger charge is 2.19. The summed E-state index contributed by atoms with van der Waals surface area (Å²) in [5.41, 5.74) is 8.00. The Kier molecular flexibility index (Phi) is 5.19. The van der Waals surface area contributed by atoms with E-state index in [0.29, 0.717) is 13.2 Å². The Hall–Kier alpha value is -1.10. The van der Waals surface area contributed by atoms with Gasteiger partial charge in [0.25, 0.3) is 0 Å². The third-order valence-electron chi connectivity index (χ3n) is 3.46. The van der Waals surface area contributed by atoms with E-state index in [4.69, 9.17) is 15.2 Å². The first-order valence-electron chi connectivity index (χ1n) is 6.92. The average Bonchev–Trinajstić information content (AvgIpc) is 2.38. The van der Waals surface area contributed by atoms with E-state index >= 15 is 0 Å². The van der Waals surface area contributed by atoms with E-state index in [1.165, 1.54) is 5.56 Å². The molecule has 0 spiro atoms. The first-order valence-corrected chi connectivity index (χ1v) is 6.92. The number of aryl methyl sites for hydroxylation is 1. The van der Waals surface area contributed by atoms with Gasteiger partial charge in [-0.15, -0.1) is 0 Å². The van der Waals surface area contributed by atoms with Crippen molar-refractivity contribution in [2.24, 2.45) is 5.73 Å². The summed E-state index contributed by atoms with van der Waals surface area (Å²) in [6, 6.07) is 6.21. The topological polar surface area (TPSA) is 47.7 Å². The summed E-state index contributed by atoms with van der Waals surface area (Å²) in [7, 11) is 2.11. The average molecular weight is 264 g/mol. The number of nitrogens with two attached hydrogens (primary N) is 1. The normalized spacial score (nSPS) is 20.5. The van der Waals surface area contributed by atoms with Crippen LogP contribution in [0, 0.1) is 6.92 Å². The lowest BCUT2D eigenvalue weighted by Crippen LogP contribution is -2.42. The second kappa shape index (κ2) is 6.89. The van der Waals surface area contributed by atoms with Crippen molar-refractivity contribution in [3.63, 3.8) is 0 Å². The van der Waals surface area contributed by atoms with E-state index in [2.05, 4.69) is 37.1 Å². The largest absolute Gasteiger partial charge is 0.490 e. The number of hydrogen-bond acceptors (Lipinski definition) is 4. The zero-order valence-electron chi connectivity index (χ0n) is 11.9. The zero-order chi connectivity index (χ0) is 13.7. The molecular formula is C15H24N2O2. The van der Waals surface area contributed by atoms with Gasteiger partial charge in [0.2, 0.25) is 0 Å². The maximum absolute atomic E-state index is 6.00. The van der Waals surface area contributed by atoms with E-state index in [1.807, 2.05) is 0 Å². The summed E-state index contributed by atoms with van der Waals surface area (Å²) in [5, 5.41) is 0. The van der Waals surface area contributed by atoms with E-state index in [1.54, 1.807) is 0 Å². The lowest BCUT2D eigenvalue weighted by atomic mass is 10.1. The minimum Gasteiger partial charge on any atom is -0.490 e. The first-order chi connectivity index (χ1) is 9.20. The van der Waals surface area contributed by atoms with Crippen LogP contribution in [0.3, 0.4) is 0 Å². The molecule has 0 bridgehead atoms. The summed E-state index contributed by atoms with van der Waals surface area (Å²) in [6.07, 6.45) is 1.01. The van der Waals surface area contributed by atoms with Gasteiger partial charge in [0.15, 0.2) is 0 Å². The maximum Gasteiger partial charge on any atom is 0.125 e. The van der Waals surface area contributed by atoms with Gasteiger partial charge in [-0.05, 0) is 38.1 Å². The monoisotopic (exact) mass is 264 g/mol. The Morgan fingerprint density at radius 2 is 2.32 bits per heavy atom. The minimum absolute atomic E-state index is 0.157. The number of benzene rings is 1. The molecule has 2 N–H and O–H groups in total. The predicted octanol–water partition coefficient (Wildman–Crippen LogP) is 1.21. The van der Waals surface area contributed by atoms with E-state index in [-0.39, 0.29) is 6.10 Å². The van der Waals surface area contributed by atoms with Crippen LogP contribution in [0.4, 0.5) is 0 Å². The van der Waals surface area contributed by atoms with Gasteiger partial charge < -0.3 is 20.1 Å². The fourth-order valence-electron chi connectivity index (χ4n) is 2.42. The fraction of sp³-hybridized carbons (Fsp3) is 0.600. The molecule has 4 nitrogen and oxygen atoms in total. The molecule has 1 saturated heterocycles. The van der Waals surface area contributed by atoms with Crippen LogP contribution in [0.1, 0.15) is 11.1 Å². The molecule has 1 atom stereocenters. The Morgan fingerprint density at radius 1 is 1.47 bits per heavy atom. The van der Waals surface area contributed by atoms with Crippen molar-refractivity contribution in [3.05, 3.63) is 29.3 Å². The van der Waals surface area contributed by atoms with Crippen LogP contribution in [0.15, 0.2) is 18.2 Å². The Balaban J connectivity index is 1.98. The van der Waals surface area contributed by atoms with Crippen molar-refractivity contribution in [2.45, 2.75) is 19.4 Å². The summed E-state index contributed by atoms with van der Waals surface area (Å²) in [5.74, 6) is 0.977. The fourth-order valence-corrected chi connectivity index (χ4v) is 2.42. The molecule has 4 heteroatoms. The van der Waals surface area contributed by atoms with Crippen LogP contribution in [-0.4, -0.2) is 50.9 Å². The number of para-hydroxylation sites is 1. The smallest absolute Gasteiger partial charge is 0.125 e. The minimum atomic E-state index is 0.157. The van der Waals surface area contributed by atoms with Gasteiger partial charge in [-0.25, -0.2) is 0 Å². The first kappa shape index (κ1) is 14.3. The van der Waals surface area contributed by atoms with Crippen LogP contribution in [0.2, 0.25) is 0 Å². The quantitative estimate of drug-likeness (QED) is 0.868. The SMILES string of the molecule is Cc1cccc(CCN)c1OCC1CN(C)CCO1. The lowest BCUT2D eigenvalue weighted by Gasteiger charge is -2.30. The molecule has 1 aromatic carbocycles. The molecule has 106 valence electrons. The van der Waals surface area contributed by atoms with Gasteiger partial charge in [0.05, 0.1) is 6.61 Å². The highest BCUT2D eigenvalue weighted by Crippen LogP contribution is 2.24. The number of rotatable bonds is 5. The van der Waals surface area contributed by atoms with Gasteiger partial charge >= 0.3 is 0 Å². The number of ether oxygens (including phenoxy) is 2. The van der Waals surface area contributed by atoms with Crippen LogP contribution in [0.25, 0.3) is 0 Å². The maximum atomic E-state index is 6.00. The van der Waals surface area contributed by atoms with Crippen molar-refractivity contribution in [1.29, 1.82) is 0 Å². The van der Waals surface area contributed by atoms with Crippen LogP contribution in [0.5, 0.6) is 5.75 Å². The Labute approximate surface area is 115 Å². The third kappa shape index (κ3) is 3.93. The van der Waals surface area contributed by atoms with Gasteiger partial charge in [0, 0.05) is 13.1 Å². The molecule has 0 saturated carbocycles. The van der Waals surface area contributed by atoms with Gasteiger partial charge in [-0.2, -0.15) is 0 Å². The number of nitrogens with zero attached hydrogens (tertiary/aromatic N) is 1. The molecule has 1 fully saturated rings. The van der Waals surface area contributed by atoms with Crippen molar-refractivity contribution >= 4 is 0 Å². The number of morpholine rings is 1.